The highest BCUT2D eigenvalue weighted by Gasteiger charge is 2.18. The second-order valence-electron chi connectivity index (χ2n) is 3.96. The van der Waals surface area contributed by atoms with Crippen LogP contribution in [-0.4, -0.2) is 13.3 Å². The van der Waals surface area contributed by atoms with Crippen LogP contribution in [0, 0.1) is 15.9 Å². The zero-order valence-corrected chi connectivity index (χ0v) is 10.8. The third kappa shape index (κ3) is 2.65. The lowest BCUT2D eigenvalue weighted by Gasteiger charge is -2.08. The number of nitrogens with two attached hydrogens (primary N) is 1. The molecular formula is C12H9FN2O4S. The van der Waals surface area contributed by atoms with Gasteiger partial charge in [-0.15, -0.1) is 0 Å². The molecule has 0 saturated heterocycles. The number of nitro groups is 1. The van der Waals surface area contributed by atoms with Gasteiger partial charge in [0.1, 0.15) is 5.82 Å². The smallest absolute Gasteiger partial charge is 0.258 e. The molecule has 2 rings (SSSR count). The van der Waals surface area contributed by atoms with Crippen molar-refractivity contribution < 1.29 is 17.7 Å². The van der Waals surface area contributed by atoms with Gasteiger partial charge < -0.3 is 0 Å². The van der Waals surface area contributed by atoms with E-state index in [1.807, 2.05) is 0 Å². The minimum absolute atomic E-state index is 0.0578. The summed E-state index contributed by atoms with van der Waals surface area (Å²) in [6, 6.07) is 8.57. The van der Waals surface area contributed by atoms with Gasteiger partial charge in [0.25, 0.3) is 5.69 Å². The number of nitro benzene ring substituents is 1. The number of rotatable bonds is 3. The van der Waals surface area contributed by atoms with E-state index in [1.54, 1.807) is 0 Å². The van der Waals surface area contributed by atoms with Gasteiger partial charge in [0.2, 0.25) is 10.0 Å². The first-order chi connectivity index (χ1) is 9.30. The monoisotopic (exact) mass is 296 g/mol. The number of non-ortho nitro benzene ring substituents is 1. The molecule has 0 spiro atoms. The molecule has 0 aliphatic heterocycles. The van der Waals surface area contributed by atoms with Crippen molar-refractivity contribution in [3.8, 4) is 11.1 Å². The molecule has 0 amide bonds. The molecule has 8 heteroatoms. The Morgan fingerprint density at radius 1 is 1.10 bits per heavy atom. The first-order valence-electron chi connectivity index (χ1n) is 5.37. The lowest BCUT2D eigenvalue weighted by atomic mass is 10.0. The zero-order chi connectivity index (χ0) is 14.9. The number of nitrogens with zero attached hydrogens (tertiary/aromatic N) is 1. The SMILES string of the molecule is NS(=O)(=O)c1ccccc1-c1ccc([N+](=O)[O-])cc1F. The molecule has 2 aromatic rings. The van der Waals surface area contributed by atoms with E-state index in [9.17, 15) is 22.9 Å². The van der Waals surface area contributed by atoms with Crippen molar-refractivity contribution >= 4 is 15.7 Å². The van der Waals surface area contributed by atoms with Crippen LogP contribution in [0.25, 0.3) is 11.1 Å². The van der Waals surface area contributed by atoms with Crippen molar-refractivity contribution in [1.29, 1.82) is 0 Å². The average Bonchev–Trinajstić information content (AvgIpc) is 2.37. The van der Waals surface area contributed by atoms with Gasteiger partial charge in [0, 0.05) is 17.2 Å². The minimum atomic E-state index is -4.03. The maximum absolute atomic E-state index is 13.9. The van der Waals surface area contributed by atoms with Crippen LogP contribution in [0.2, 0.25) is 0 Å². The van der Waals surface area contributed by atoms with Crippen LogP contribution in [0.3, 0.4) is 0 Å². The summed E-state index contributed by atoms with van der Waals surface area (Å²) in [5, 5.41) is 15.6. The quantitative estimate of drug-likeness (QED) is 0.691. The molecule has 0 aliphatic rings. The van der Waals surface area contributed by atoms with Gasteiger partial charge in [0.15, 0.2) is 0 Å². The summed E-state index contributed by atoms with van der Waals surface area (Å²) in [7, 11) is -4.03. The predicted octanol–water partition coefficient (Wildman–Crippen LogP) is 2.05. The summed E-state index contributed by atoms with van der Waals surface area (Å²) < 4.78 is 36.8. The number of sulfonamides is 1. The number of halogens is 1. The zero-order valence-electron chi connectivity index (χ0n) is 9.99. The lowest BCUT2D eigenvalue weighted by Crippen LogP contribution is -2.13. The van der Waals surface area contributed by atoms with Crippen molar-refractivity contribution in [1.82, 2.24) is 0 Å². The van der Waals surface area contributed by atoms with E-state index < -0.39 is 26.5 Å². The van der Waals surface area contributed by atoms with Crippen LogP contribution in [0.15, 0.2) is 47.4 Å². The van der Waals surface area contributed by atoms with Gasteiger partial charge >= 0.3 is 0 Å². The van der Waals surface area contributed by atoms with Crippen molar-refractivity contribution in [2.24, 2.45) is 5.14 Å². The first kappa shape index (κ1) is 14.1. The van der Waals surface area contributed by atoms with Crippen molar-refractivity contribution in [2.45, 2.75) is 4.90 Å². The summed E-state index contributed by atoms with van der Waals surface area (Å²) in [6.07, 6.45) is 0. The van der Waals surface area contributed by atoms with Gasteiger partial charge in [0.05, 0.1) is 15.9 Å². The van der Waals surface area contributed by atoms with Gasteiger partial charge in [-0.3, -0.25) is 10.1 Å². The van der Waals surface area contributed by atoms with Crippen LogP contribution < -0.4 is 5.14 Å². The van der Waals surface area contributed by atoms with E-state index in [4.69, 9.17) is 5.14 Å². The molecule has 0 aromatic heterocycles. The third-order valence-corrected chi connectivity index (χ3v) is 3.62. The highest BCUT2D eigenvalue weighted by atomic mass is 32.2. The predicted molar refractivity (Wildman–Crippen MR) is 69.9 cm³/mol. The van der Waals surface area contributed by atoms with E-state index in [2.05, 4.69) is 0 Å². The van der Waals surface area contributed by atoms with Crippen molar-refractivity contribution in [3.63, 3.8) is 0 Å². The Morgan fingerprint density at radius 3 is 2.30 bits per heavy atom. The molecule has 2 N–H and O–H groups in total. The molecule has 0 fully saturated rings. The Bertz CT molecular complexity index is 790. The average molecular weight is 296 g/mol. The van der Waals surface area contributed by atoms with Crippen LogP contribution in [0.5, 0.6) is 0 Å². The van der Waals surface area contributed by atoms with Gasteiger partial charge in [-0.1, -0.05) is 18.2 Å². The van der Waals surface area contributed by atoms with Crippen LogP contribution in [0.4, 0.5) is 10.1 Å². The summed E-state index contributed by atoms with van der Waals surface area (Å²) in [6.45, 7) is 0. The number of hydrogen-bond acceptors (Lipinski definition) is 4. The summed E-state index contributed by atoms with van der Waals surface area (Å²) in [5.74, 6) is -0.893. The maximum Gasteiger partial charge on any atom is 0.272 e. The highest BCUT2D eigenvalue weighted by Crippen LogP contribution is 2.30. The molecule has 0 heterocycles. The molecule has 104 valence electrons. The van der Waals surface area contributed by atoms with E-state index in [-0.39, 0.29) is 16.0 Å². The Hall–Kier alpha value is -2.32. The topological polar surface area (TPSA) is 103 Å². The first-order valence-corrected chi connectivity index (χ1v) is 6.91. The van der Waals surface area contributed by atoms with E-state index in [0.717, 1.165) is 18.2 Å². The molecule has 0 bridgehead atoms. The van der Waals surface area contributed by atoms with E-state index >= 15 is 0 Å². The molecule has 6 nitrogen and oxygen atoms in total. The van der Waals surface area contributed by atoms with E-state index in [0.29, 0.717) is 0 Å². The van der Waals surface area contributed by atoms with Gasteiger partial charge in [-0.2, -0.15) is 0 Å². The molecule has 0 saturated carbocycles. The largest absolute Gasteiger partial charge is 0.272 e. The number of hydrogen-bond donors (Lipinski definition) is 1. The molecular weight excluding hydrogens is 287 g/mol. The fourth-order valence-electron chi connectivity index (χ4n) is 1.77. The van der Waals surface area contributed by atoms with Crippen LogP contribution in [-0.2, 0) is 10.0 Å². The second-order valence-corrected chi connectivity index (χ2v) is 5.49. The molecule has 20 heavy (non-hydrogen) atoms. The maximum atomic E-state index is 13.9. The van der Waals surface area contributed by atoms with Crippen LogP contribution in [0.1, 0.15) is 0 Å². The molecule has 2 aromatic carbocycles. The Kier molecular flexibility index (Phi) is 3.51. The van der Waals surface area contributed by atoms with Gasteiger partial charge in [-0.05, 0) is 12.1 Å². The fraction of sp³-hybridized carbons (Fsp3) is 0. The minimum Gasteiger partial charge on any atom is -0.258 e. The molecule has 0 unspecified atom stereocenters. The van der Waals surface area contributed by atoms with E-state index in [1.165, 1.54) is 24.3 Å². The molecule has 0 atom stereocenters. The Morgan fingerprint density at radius 2 is 1.75 bits per heavy atom. The second kappa shape index (κ2) is 4.99. The standard InChI is InChI=1S/C12H9FN2O4S/c13-11-7-8(15(16)17)5-6-9(11)10-3-1-2-4-12(10)20(14,18)19/h1-7H,(H2,14,18,19). The van der Waals surface area contributed by atoms with Crippen molar-refractivity contribution in [3.05, 3.63) is 58.4 Å². The third-order valence-electron chi connectivity index (χ3n) is 2.65. The van der Waals surface area contributed by atoms with Crippen LogP contribution >= 0.6 is 0 Å². The van der Waals surface area contributed by atoms with Crippen molar-refractivity contribution in [2.75, 3.05) is 0 Å². The fourth-order valence-corrected chi connectivity index (χ4v) is 2.53. The molecule has 0 aliphatic carbocycles. The Labute approximate surface area is 113 Å². The molecule has 0 radical (unpaired) electrons. The van der Waals surface area contributed by atoms with Gasteiger partial charge in [-0.25, -0.2) is 17.9 Å². The lowest BCUT2D eigenvalue weighted by molar-refractivity contribution is -0.385. The summed E-state index contributed by atoms with van der Waals surface area (Å²) >= 11 is 0. The normalized spacial score (nSPS) is 11.3. The summed E-state index contributed by atoms with van der Waals surface area (Å²) in [4.78, 5) is 9.57. The Balaban J connectivity index is 2.67. The highest BCUT2D eigenvalue weighted by molar-refractivity contribution is 7.89. The number of primary sulfonamides is 1. The number of benzene rings is 2. The summed E-state index contributed by atoms with van der Waals surface area (Å²) in [5.41, 5.74) is -0.429.